The monoisotopic (exact) mass is 497 g/mol. The zero-order valence-electron chi connectivity index (χ0n) is 15.2. The van der Waals surface area contributed by atoms with Crippen LogP contribution in [0.15, 0.2) is 53.1 Å². The molecular weight excluding hydrogens is 481 g/mol. The van der Waals surface area contributed by atoms with Crippen molar-refractivity contribution < 1.29 is 0 Å². The van der Waals surface area contributed by atoms with E-state index >= 15 is 0 Å². The molecule has 2 heterocycles. The van der Waals surface area contributed by atoms with E-state index in [0.29, 0.717) is 10.0 Å². The van der Waals surface area contributed by atoms with Gasteiger partial charge in [0.2, 0.25) is 0 Å². The maximum absolute atomic E-state index is 6.79. The summed E-state index contributed by atoms with van der Waals surface area (Å²) in [4.78, 5) is 6.83. The first-order valence-electron chi connectivity index (χ1n) is 8.70. The van der Waals surface area contributed by atoms with Crippen molar-refractivity contribution in [1.29, 1.82) is 0 Å². The van der Waals surface area contributed by atoms with Crippen molar-refractivity contribution in [1.82, 2.24) is 10.3 Å². The molecule has 0 atom stereocenters. The van der Waals surface area contributed by atoms with Gasteiger partial charge in [0, 0.05) is 59.7 Å². The quantitative estimate of drug-likeness (QED) is 0.439. The summed E-state index contributed by atoms with van der Waals surface area (Å²) in [5, 5.41) is 4.69. The highest BCUT2D eigenvalue weighted by atomic mass is 79.9. The van der Waals surface area contributed by atoms with Gasteiger partial charge in [-0.15, -0.1) is 12.4 Å². The number of nitrogens with one attached hydrogen (secondary N) is 1. The number of halogens is 4. The Morgan fingerprint density at radius 2 is 1.86 bits per heavy atom. The molecule has 28 heavy (non-hydrogen) atoms. The second-order valence-corrected chi connectivity index (χ2v) is 8.17. The van der Waals surface area contributed by atoms with Crippen molar-refractivity contribution in [2.45, 2.75) is 6.54 Å². The highest BCUT2D eigenvalue weighted by molar-refractivity contribution is 9.10. The Morgan fingerprint density at radius 3 is 2.68 bits per heavy atom. The van der Waals surface area contributed by atoms with Gasteiger partial charge in [-0.1, -0.05) is 47.5 Å². The molecule has 2 aromatic carbocycles. The molecule has 0 amide bonds. The zero-order chi connectivity index (χ0) is 19.0. The van der Waals surface area contributed by atoms with E-state index in [0.717, 1.165) is 46.5 Å². The number of rotatable bonds is 2. The Kier molecular flexibility index (Phi) is 6.89. The van der Waals surface area contributed by atoms with E-state index in [1.54, 1.807) is 6.20 Å². The minimum atomic E-state index is 0. The number of benzene rings is 2. The largest absolute Gasteiger partial charge is 0.373 e. The minimum Gasteiger partial charge on any atom is -0.373 e. The lowest BCUT2D eigenvalue weighted by molar-refractivity contribution is 0.707. The van der Waals surface area contributed by atoms with Crippen LogP contribution in [-0.2, 0) is 6.54 Å². The average Bonchev–Trinajstić information content (AvgIpc) is 2.86. The molecule has 7 heteroatoms. The second kappa shape index (κ2) is 9.02. The molecule has 0 saturated heterocycles. The fraction of sp³-hybridized carbons (Fsp3) is 0.190. The Morgan fingerprint density at radius 1 is 1.07 bits per heavy atom. The highest BCUT2D eigenvalue weighted by Gasteiger charge is 2.17. The number of nitrogens with zero attached hydrogens (tertiary/aromatic N) is 2. The zero-order valence-corrected chi connectivity index (χ0v) is 19.1. The summed E-state index contributed by atoms with van der Waals surface area (Å²) in [6.07, 6.45) is 1.78. The van der Waals surface area contributed by atoms with Crippen LogP contribution in [0.4, 0.5) is 5.69 Å². The van der Waals surface area contributed by atoms with Gasteiger partial charge in [0.15, 0.2) is 0 Å². The van der Waals surface area contributed by atoms with Crippen LogP contribution in [0, 0.1) is 0 Å². The highest BCUT2D eigenvalue weighted by Crippen LogP contribution is 2.41. The van der Waals surface area contributed by atoms with Gasteiger partial charge in [0.25, 0.3) is 0 Å². The Bertz CT molecular complexity index is 1010. The number of hydrogen-bond donors (Lipinski definition) is 1. The summed E-state index contributed by atoms with van der Waals surface area (Å²) < 4.78 is 0.843. The normalized spacial score (nSPS) is 13.5. The molecule has 1 aliphatic heterocycles. The third kappa shape index (κ3) is 4.03. The van der Waals surface area contributed by atoms with Gasteiger partial charge >= 0.3 is 0 Å². The molecule has 3 nitrogen and oxygen atoms in total. The number of likely N-dealkylation sites (N-methyl/N-ethyl adjacent to an activating group) is 1. The van der Waals surface area contributed by atoms with Crippen molar-refractivity contribution >= 4 is 57.2 Å². The van der Waals surface area contributed by atoms with Crippen LogP contribution in [0.3, 0.4) is 0 Å². The van der Waals surface area contributed by atoms with Gasteiger partial charge in [0.1, 0.15) is 0 Å². The molecule has 1 aromatic heterocycles. The van der Waals surface area contributed by atoms with E-state index in [1.807, 2.05) is 24.3 Å². The van der Waals surface area contributed by atoms with Gasteiger partial charge < -0.3 is 10.2 Å². The van der Waals surface area contributed by atoms with Crippen molar-refractivity contribution in [3.05, 3.63) is 68.7 Å². The van der Waals surface area contributed by atoms with Crippen molar-refractivity contribution in [2.24, 2.45) is 0 Å². The van der Waals surface area contributed by atoms with Crippen LogP contribution in [0.25, 0.3) is 22.4 Å². The molecule has 0 fully saturated rings. The third-order valence-electron chi connectivity index (χ3n) is 4.84. The summed E-state index contributed by atoms with van der Waals surface area (Å²) in [7, 11) is 2.11. The van der Waals surface area contributed by atoms with E-state index in [-0.39, 0.29) is 12.4 Å². The van der Waals surface area contributed by atoms with E-state index in [9.17, 15) is 0 Å². The van der Waals surface area contributed by atoms with E-state index < -0.39 is 0 Å². The Labute approximate surface area is 189 Å². The average molecular weight is 500 g/mol. The molecule has 0 unspecified atom stereocenters. The van der Waals surface area contributed by atoms with Crippen LogP contribution < -0.4 is 10.2 Å². The van der Waals surface area contributed by atoms with Crippen LogP contribution >= 0.6 is 51.5 Å². The standard InChI is InChI=1S/C21H18BrCl2N3.ClH/c1-27-10-9-25-12-14-6-5-13(11-18(14)27)21-20(24)16(7-8-26-21)15-3-2-4-17(22)19(15)23;/h2-8,11,25H,9-10,12H2,1H3;1H. The fourth-order valence-corrected chi connectivity index (χ4v) is 4.29. The maximum atomic E-state index is 6.79. The summed E-state index contributed by atoms with van der Waals surface area (Å²) in [5.41, 5.74) is 6.01. The van der Waals surface area contributed by atoms with Gasteiger partial charge in [-0.3, -0.25) is 4.98 Å². The predicted molar refractivity (Wildman–Crippen MR) is 125 cm³/mol. The minimum absolute atomic E-state index is 0. The first-order valence-corrected chi connectivity index (χ1v) is 10.2. The van der Waals surface area contributed by atoms with Crippen molar-refractivity contribution in [3.8, 4) is 22.4 Å². The summed E-state index contributed by atoms with van der Waals surface area (Å²) in [6, 6.07) is 14.1. The third-order valence-corrected chi connectivity index (χ3v) is 6.52. The summed E-state index contributed by atoms with van der Waals surface area (Å²) in [5.74, 6) is 0. The van der Waals surface area contributed by atoms with Crippen LogP contribution in [0.2, 0.25) is 10.0 Å². The van der Waals surface area contributed by atoms with E-state index in [4.69, 9.17) is 23.2 Å². The fourth-order valence-electron chi connectivity index (χ4n) is 3.37. The van der Waals surface area contributed by atoms with Crippen LogP contribution in [0.1, 0.15) is 5.56 Å². The smallest absolute Gasteiger partial charge is 0.0895 e. The topological polar surface area (TPSA) is 28.2 Å². The Balaban J connectivity index is 0.00000225. The lowest BCUT2D eigenvalue weighted by atomic mass is 10.0. The molecule has 0 saturated carbocycles. The number of fused-ring (bicyclic) bond motifs is 1. The predicted octanol–water partition coefficient (Wildman–Crippen LogP) is 6.45. The first kappa shape index (κ1) is 21.4. The maximum Gasteiger partial charge on any atom is 0.0895 e. The summed E-state index contributed by atoms with van der Waals surface area (Å²) in [6.45, 7) is 2.80. The number of anilines is 1. The van der Waals surface area contributed by atoms with Gasteiger partial charge in [-0.25, -0.2) is 0 Å². The molecule has 3 aromatic rings. The molecule has 0 aliphatic carbocycles. The van der Waals surface area contributed by atoms with E-state index in [2.05, 4.69) is 56.4 Å². The second-order valence-electron chi connectivity index (χ2n) is 6.56. The summed E-state index contributed by atoms with van der Waals surface area (Å²) >= 11 is 16.8. The van der Waals surface area contributed by atoms with Crippen molar-refractivity contribution in [3.63, 3.8) is 0 Å². The number of aromatic nitrogens is 1. The van der Waals surface area contributed by atoms with Crippen LogP contribution in [-0.4, -0.2) is 25.1 Å². The lowest BCUT2D eigenvalue weighted by Gasteiger charge is -2.20. The molecule has 1 N–H and O–H groups in total. The van der Waals surface area contributed by atoms with Gasteiger partial charge in [-0.05, 0) is 39.7 Å². The molecule has 146 valence electrons. The molecule has 0 spiro atoms. The molecule has 4 rings (SSSR count). The van der Waals surface area contributed by atoms with Crippen LogP contribution in [0.5, 0.6) is 0 Å². The Hall–Kier alpha value is -1.30. The molecular formula is C21H19BrCl3N3. The first-order chi connectivity index (χ1) is 13.1. The van der Waals surface area contributed by atoms with Gasteiger partial charge in [0.05, 0.1) is 15.7 Å². The van der Waals surface area contributed by atoms with Gasteiger partial charge in [-0.2, -0.15) is 0 Å². The molecule has 0 radical (unpaired) electrons. The van der Waals surface area contributed by atoms with Crippen molar-refractivity contribution in [2.75, 3.05) is 25.0 Å². The van der Waals surface area contributed by atoms with E-state index in [1.165, 1.54) is 11.3 Å². The lowest BCUT2D eigenvalue weighted by Crippen LogP contribution is -2.24. The molecule has 1 aliphatic rings. The number of pyridine rings is 1. The number of hydrogen-bond acceptors (Lipinski definition) is 3. The molecule has 0 bridgehead atoms. The SMILES string of the molecule is CN1CCNCc2ccc(-c3nccc(-c4cccc(Br)c4Cl)c3Cl)cc21.Cl.